The van der Waals surface area contributed by atoms with Crippen LogP contribution in [0, 0.1) is 0 Å². The van der Waals surface area contributed by atoms with Crippen LogP contribution in [0.4, 0.5) is 0 Å². The molecule has 0 unspecified atom stereocenters. The first-order valence-electron chi connectivity index (χ1n) is 7.62. The van der Waals surface area contributed by atoms with Gasteiger partial charge in [-0.1, -0.05) is 24.3 Å². The summed E-state index contributed by atoms with van der Waals surface area (Å²) >= 11 is 3.92. The van der Waals surface area contributed by atoms with E-state index >= 15 is 0 Å². The molecule has 1 heterocycles. The van der Waals surface area contributed by atoms with Crippen LogP contribution in [0.2, 0.25) is 0 Å². The van der Waals surface area contributed by atoms with Crippen LogP contribution in [0.15, 0.2) is 54.6 Å². The summed E-state index contributed by atoms with van der Waals surface area (Å²) in [6.07, 6.45) is 3.14. The third kappa shape index (κ3) is 4.58. The quantitative estimate of drug-likeness (QED) is 0.436. The Balaban J connectivity index is 1.58. The minimum absolute atomic E-state index is 0.393. The van der Waals surface area contributed by atoms with E-state index < -0.39 is 5.97 Å². The van der Waals surface area contributed by atoms with Crippen LogP contribution in [-0.4, -0.2) is 24.6 Å². The van der Waals surface area contributed by atoms with E-state index in [9.17, 15) is 4.79 Å². The fraction of sp³-hybridized carbons (Fsp3) is 0.211. The molecule has 0 atom stereocenters. The normalized spacial score (nSPS) is 14.9. The van der Waals surface area contributed by atoms with Gasteiger partial charge < -0.3 is 9.47 Å². The van der Waals surface area contributed by atoms with Crippen molar-refractivity contribution in [2.75, 3.05) is 18.6 Å². The third-order valence-electron chi connectivity index (χ3n) is 3.50. The number of carbonyl (C=O) groups excluding carboxylic acids is 1. The number of esters is 1. The Bertz CT molecular complexity index is 720. The van der Waals surface area contributed by atoms with E-state index in [0.717, 1.165) is 11.3 Å². The molecule has 0 bridgehead atoms. The van der Waals surface area contributed by atoms with Gasteiger partial charge in [0.05, 0.1) is 11.7 Å². The molecule has 0 aromatic heterocycles. The SMILES string of the molecule is COc1cccc(/C=C/C(=O)Oc2ccc(C3SCCS3)cc2)c1. The third-order valence-corrected chi connectivity index (χ3v) is 6.60. The summed E-state index contributed by atoms with van der Waals surface area (Å²) in [5, 5.41) is 0. The molecule has 0 aliphatic carbocycles. The van der Waals surface area contributed by atoms with Crippen LogP contribution in [-0.2, 0) is 4.79 Å². The Labute approximate surface area is 150 Å². The Hall–Kier alpha value is -1.85. The first-order chi connectivity index (χ1) is 11.7. The lowest BCUT2D eigenvalue weighted by molar-refractivity contribution is -0.128. The Morgan fingerprint density at radius 3 is 2.54 bits per heavy atom. The molecule has 3 nitrogen and oxygen atoms in total. The standard InChI is InChI=1S/C19H18O3S2/c1-21-17-4-2-3-14(13-17)5-10-18(20)22-16-8-6-15(7-9-16)19-23-11-12-24-19/h2-10,13,19H,11-12H2,1H3/b10-5+. The smallest absolute Gasteiger partial charge is 0.336 e. The topological polar surface area (TPSA) is 35.5 Å². The second-order valence-corrected chi connectivity index (χ2v) is 7.90. The van der Waals surface area contributed by atoms with Gasteiger partial charge in [-0.25, -0.2) is 4.79 Å². The van der Waals surface area contributed by atoms with Gasteiger partial charge in [0.1, 0.15) is 11.5 Å². The Morgan fingerprint density at radius 2 is 1.83 bits per heavy atom. The Morgan fingerprint density at radius 1 is 1.08 bits per heavy atom. The molecule has 1 aliphatic rings. The van der Waals surface area contributed by atoms with Crippen LogP contribution in [0.1, 0.15) is 15.7 Å². The van der Waals surface area contributed by atoms with Crippen LogP contribution in [0.5, 0.6) is 11.5 Å². The molecule has 0 saturated carbocycles. The van der Waals surface area contributed by atoms with Crippen LogP contribution < -0.4 is 9.47 Å². The molecule has 2 aromatic carbocycles. The van der Waals surface area contributed by atoms with Gasteiger partial charge in [-0.2, -0.15) is 0 Å². The van der Waals surface area contributed by atoms with E-state index in [1.807, 2.05) is 72.1 Å². The molecule has 1 aliphatic heterocycles. The predicted octanol–water partition coefficient (Wildman–Crippen LogP) is 4.79. The molecule has 2 aromatic rings. The molecule has 0 spiro atoms. The van der Waals surface area contributed by atoms with Gasteiger partial charge in [0.25, 0.3) is 0 Å². The predicted molar refractivity (Wildman–Crippen MR) is 102 cm³/mol. The maximum Gasteiger partial charge on any atom is 0.336 e. The van der Waals surface area contributed by atoms with E-state index in [1.165, 1.54) is 23.1 Å². The molecule has 0 amide bonds. The average Bonchev–Trinajstić information content (AvgIpc) is 3.15. The number of rotatable bonds is 5. The molecule has 0 N–H and O–H groups in total. The summed E-state index contributed by atoms with van der Waals surface area (Å²) in [4.78, 5) is 11.9. The minimum atomic E-state index is -0.393. The van der Waals surface area contributed by atoms with Crippen molar-refractivity contribution < 1.29 is 14.3 Å². The lowest BCUT2D eigenvalue weighted by atomic mass is 10.2. The maximum absolute atomic E-state index is 11.9. The molecular weight excluding hydrogens is 340 g/mol. The van der Waals surface area contributed by atoms with E-state index in [2.05, 4.69) is 0 Å². The van der Waals surface area contributed by atoms with Crippen molar-refractivity contribution in [2.24, 2.45) is 0 Å². The van der Waals surface area contributed by atoms with Crippen LogP contribution >= 0.6 is 23.5 Å². The van der Waals surface area contributed by atoms with Crippen molar-refractivity contribution in [3.8, 4) is 11.5 Å². The second kappa shape index (κ2) is 8.31. The molecule has 124 valence electrons. The highest BCUT2D eigenvalue weighted by Crippen LogP contribution is 2.45. The molecule has 24 heavy (non-hydrogen) atoms. The lowest BCUT2D eigenvalue weighted by Crippen LogP contribution is -2.03. The Kier molecular flexibility index (Phi) is 5.88. The van der Waals surface area contributed by atoms with Crippen LogP contribution in [0.3, 0.4) is 0 Å². The fourth-order valence-electron chi connectivity index (χ4n) is 2.30. The van der Waals surface area contributed by atoms with Gasteiger partial charge >= 0.3 is 5.97 Å². The number of ether oxygens (including phenoxy) is 2. The highest BCUT2D eigenvalue weighted by atomic mass is 32.2. The summed E-state index contributed by atoms with van der Waals surface area (Å²) < 4.78 is 11.0. The number of hydrogen-bond donors (Lipinski definition) is 0. The first kappa shape index (κ1) is 17.0. The summed E-state index contributed by atoms with van der Waals surface area (Å²) in [5.74, 6) is 3.31. The van der Waals surface area contributed by atoms with Crippen molar-refractivity contribution in [3.05, 3.63) is 65.7 Å². The zero-order valence-corrected chi connectivity index (χ0v) is 14.9. The number of thioether (sulfide) groups is 2. The van der Waals surface area contributed by atoms with E-state index in [-0.39, 0.29) is 0 Å². The zero-order valence-electron chi connectivity index (χ0n) is 13.3. The number of benzene rings is 2. The van der Waals surface area contributed by atoms with Crippen molar-refractivity contribution in [1.29, 1.82) is 0 Å². The van der Waals surface area contributed by atoms with E-state index in [0.29, 0.717) is 10.3 Å². The van der Waals surface area contributed by atoms with Crippen molar-refractivity contribution in [1.82, 2.24) is 0 Å². The van der Waals surface area contributed by atoms with Gasteiger partial charge in [-0.15, -0.1) is 23.5 Å². The van der Waals surface area contributed by atoms with Crippen molar-refractivity contribution >= 4 is 35.6 Å². The molecule has 1 saturated heterocycles. The van der Waals surface area contributed by atoms with Gasteiger partial charge in [0, 0.05) is 17.6 Å². The largest absolute Gasteiger partial charge is 0.497 e. The number of carbonyl (C=O) groups is 1. The number of methoxy groups -OCH3 is 1. The second-order valence-electron chi connectivity index (χ2n) is 5.17. The molecule has 0 radical (unpaired) electrons. The van der Waals surface area contributed by atoms with E-state index in [1.54, 1.807) is 13.2 Å². The maximum atomic E-state index is 11.9. The summed E-state index contributed by atoms with van der Waals surface area (Å²) in [5.41, 5.74) is 2.16. The highest BCUT2D eigenvalue weighted by Gasteiger charge is 2.18. The lowest BCUT2D eigenvalue weighted by Gasteiger charge is -2.08. The fourth-order valence-corrected chi connectivity index (χ4v) is 5.16. The summed E-state index contributed by atoms with van der Waals surface area (Å²) in [6, 6.07) is 15.3. The molecule has 5 heteroatoms. The van der Waals surface area contributed by atoms with E-state index in [4.69, 9.17) is 9.47 Å². The monoisotopic (exact) mass is 358 g/mol. The first-order valence-corrected chi connectivity index (χ1v) is 9.71. The van der Waals surface area contributed by atoms with Gasteiger partial charge in [-0.3, -0.25) is 0 Å². The average molecular weight is 358 g/mol. The highest BCUT2D eigenvalue weighted by molar-refractivity contribution is 8.19. The zero-order chi connectivity index (χ0) is 16.8. The summed E-state index contributed by atoms with van der Waals surface area (Å²) in [7, 11) is 1.61. The van der Waals surface area contributed by atoms with Gasteiger partial charge in [-0.05, 0) is 41.5 Å². The van der Waals surface area contributed by atoms with Crippen molar-refractivity contribution in [2.45, 2.75) is 4.58 Å². The summed E-state index contributed by atoms with van der Waals surface area (Å²) in [6.45, 7) is 0. The molecule has 3 rings (SSSR count). The minimum Gasteiger partial charge on any atom is -0.497 e. The van der Waals surface area contributed by atoms with Gasteiger partial charge in [0.15, 0.2) is 0 Å². The van der Waals surface area contributed by atoms with Crippen LogP contribution in [0.25, 0.3) is 6.08 Å². The molecule has 1 fully saturated rings. The molecular formula is C19H18O3S2. The number of hydrogen-bond acceptors (Lipinski definition) is 5. The van der Waals surface area contributed by atoms with Gasteiger partial charge in [0.2, 0.25) is 0 Å². The van der Waals surface area contributed by atoms with Crippen molar-refractivity contribution in [3.63, 3.8) is 0 Å².